The smallest absolute Gasteiger partial charge is 0.266 e. The van der Waals surface area contributed by atoms with Crippen LogP contribution in [0.15, 0.2) is 70.8 Å². The molecule has 3 aliphatic heterocycles. The number of nitrogens with one attached hydrogen (secondary N) is 1. The first-order valence-corrected chi connectivity index (χ1v) is 11.8. The summed E-state index contributed by atoms with van der Waals surface area (Å²) in [6.45, 7) is 0.198. The van der Waals surface area contributed by atoms with E-state index in [0.717, 1.165) is 4.90 Å². The second-order valence-corrected chi connectivity index (χ2v) is 9.59. The van der Waals surface area contributed by atoms with Gasteiger partial charge in [0.1, 0.15) is 0 Å². The second-order valence-electron chi connectivity index (χ2n) is 7.43. The van der Waals surface area contributed by atoms with Gasteiger partial charge in [0.05, 0.1) is 33.2 Å². The molecule has 0 spiro atoms. The van der Waals surface area contributed by atoms with Gasteiger partial charge in [-0.15, -0.1) is 4.40 Å². The Hall–Kier alpha value is -3.76. The van der Waals surface area contributed by atoms with E-state index < -0.39 is 27.7 Å². The summed E-state index contributed by atoms with van der Waals surface area (Å²) in [5, 5.41) is 2.74. The third kappa shape index (κ3) is 3.62. The molecule has 0 bridgehead atoms. The molecule has 3 amide bonds. The highest BCUT2D eigenvalue weighted by atomic mass is 35.5. The van der Waals surface area contributed by atoms with Crippen molar-refractivity contribution >= 4 is 56.6 Å². The van der Waals surface area contributed by atoms with Crippen LogP contribution in [0.2, 0.25) is 5.02 Å². The number of nitrogens with zero attached hydrogens (tertiary/aromatic N) is 3. The van der Waals surface area contributed by atoms with Crippen molar-refractivity contribution in [2.45, 2.75) is 0 Å². The Morgan fingerprint density at radius 1 is 1.06 bits per heavy atom. The standard InChI is InChI=1S/C22H15ClN4O5S/c23-17-12-13(7-8-18(17)27-21(29)14-4-1-2-5-15(14)22(27)30)24-20(28)16-6-3-9-26-10-11-33(31,32)25-19(16)26/h1-9,12H,10-11H2,(H,24,28). The fourth-order valence-corrected chi connectivity index (χ4v) is 5.02. The van der Waals surface area contributed by atoms with Crippen molar-refractivity contribution in [3.63, 3.8) is 0 Å². The third-order valence-electron chi connectivity index (χ3n) is 5.34. The molecule has 33 heavy (non-hydrogen) atoms. The van der Waals surface area contributed by atoms with Crippen molar-refractivity contribution in [2.24, 2.45) is 4.40 Å². The number of allylic oxidation sites excluding steroid dienone is 2. The maximum atomic E-state index is 12.9. The maximum absolute atomic E-state index is 12.9. The van der Waals surface area contributed by atoms with Crippen LogP contribution in [-0.4, -0.2) is 49.2 Å². The number of anilines is 2. The van der Waals surface area contributed by atoms with Crippen LogP contribution in [0.5, 0.6) is 0 Å². The molecule has 0 aliphatic carbocycles. The van der Waals surface area contributed by atoms with Crippen LogP contribution < -0.4 is 10.2 Å². The first kappa shape index (κ1) is 21.1. The Bertz CT molecular complexity index is 1410. The lowest BCUT2D eigenvalue weighted by Gasteiger charge is -2.28. The molecular formula is C22H15ClN4O5S. The largest absolute Gasteiger partial charge is 0.331 e. The van der Waals surface area contributed by atoms with Crippen LogP contribution in [0.3, 0.4) is 0 Å². The predicted octanol–water partition coefficient (Wildman–Crippen LogP) is 2.58. The fourth-order valence-electron chi connectivity index (χ4n) is 3.77. The van der Waals surface area contributed by atoms with E-state index >= 15 is 0 Å². The molecule has 3 heterocycles. The summed E-state index contributed by atoms with van der Waals surface area (Å²) in [5.74, 6) is -1.63. The molecule has 9 nitrogen and oxygen atoms in total. The van der Waals surface area contributed by atoms with Gasteiger partial charge in [-0.05, 0) is 42.5 Å². The lowest BCUT2D eigenvalue weighted by Crippen LogP contribution is -2.40. The molecule has 0 saturated carbocycles. The van der Waals surface area contributed by atoms with Crippen molar-refractivity contribution < 1.29 is 22.8 Å². The normalized spacial score (nSPS) is 18.5. The number of hydrogen-bond donors (Lipinski definition) is 1. The fraction of sp³-hybridized carbons (Fsp3) is 0.0909. The van der Waals surface area contributed by atoms with Crippen molar-refractivity contribution in [1.82, 2.24) is 4.90 Å². The Morgan fingerprint density at radius 3 is 2.42 bits per heavy atom. The summed E-state index contributed by atoms with van der Waals surface area (Å²) in [7, 11) is -3.65. The zero-order valence-corrected chi connectivity index (χ0v) is 18.4. The summed E-state index contributed by atoms with van der Waals surface area (Å²) in [6.07, 6.45) is 4.75. The average molecular weight is 483 g/mol. The van der Waals surface area contributed by atoms with Crippen LogP contribution in [-0.2, 0) is 14.8 Å². The number of imide groups is 1. The highest BCUT2D eigenvalue weighted by molar-refractivity contribution is 7.90. The lowest BCUT2D eigenvalue weighted by atomic mass is 10.1. The van der Waals surface area contributed by atoms with Gasteiger partial charge in [-0.25, -0.2) is 13.3 Å². The van der Waals surface area contributed by atoms with Crippen molar-refractivity contribution in [3.05, 3.63) is 82.5 Å². The molecule has 0 radical (unpaired) electrons. The van der Waals surface area contributed by atoms with Gasteiger partial charge in [0.2, 0.25) is 0 Å². The van der Waals surface area contributed by atoms with E-state index in [1.165, 1.54) is 24.3 Å². The Balaban J connectivity index is 1.40. The molecule has 0 atom stereocenters. The molecule has 11 heteroatoms. The molecule has 5 rings (SSSR count). The van der Waals surface area contributed by atoms with Crippen LogP contribution in [0.1, 0.15) is 20.7 Å². The second kappa shape index (κ2) is 7.68. The summed E-state index contributed by atoms with van der Waals surface area (Å²) in [5.41, 5.74) is 1.16. The van der Waals surface area contributed by atoms with E-state index in [1.54, 1.807) is 41.4 Å². The SMILES string of the molecule is O=C(Nc1ccc(N2C(=O)c3ccccc3C2=O)c(Cl)c1)C1=CC=CN2CCS(=O)(=O)N=C12. The molecule has 1 N–H and O–H groups in total. The lowest BCUT2D eigenvalue weighted by molar-refractivity contribution is -0.112. The third-order valence-corrected chi connectivity index (χ3v) is 6.80. The number of amidine groups is 1. The molecule has 0 unspecified atom stereocenters. The Labute approximate surface area is 193 Å². The van der Waals surface area contributed by atoms with Crippen molar-refractivity contribution in [2.75, 3.05) is 22.5 Å². The van der Waals surface area contributed by atoms with E-state index in [9.17, 15) is 22.8 Å². The highest BCUT2D eigenvalue weighted by Gasteiger charge is 2.37. The number of hydrogen-bond acceptors (Lipinski definition) is 6. The average Bonchev–Trinajstić information content (AvgIpc) is 3.03. The molecule has 2 aromatic carbocycles. The van der Waals surface area contributed by atoms with E-state index in [-0.39, 0.29) is 34.4 Å². The van der Waals surface area contributed by atoms with Gasteiger partial charge in [0.15, 0.2) is 5.84 Å². The molecule has 0 aromatic heterocycles. The van der Waals surface area contributed by atoms with Gasteiger partial charge in [-0.2, -0.15) is 0 Å². The highest BCUT2D eigenvalue weighted by Crippen LogP contribution is 2.35. The van der Waals surface area contributed by atoms with Crippen LogP contribution >= 0.6 is 11.6 Å². The minimum Gasteiger partial charge on any atom is -0.331 e. The summed E-state index contributed by atoms with van der Waals surface area (Å²) in [6, 6.07) is 10.9. The van der Waals surface area contributed by atoms with Gasteiger partial charge in [0, 0.05) is 18.4 Å². The molecule has 0 saturated heterocycles. The molecule has 0 fully saturated rings. The number of halogens is 1. The zero-order valence-electron chi connectivity index (χ0n) is 16.9. The molecular weight excluding hydrogens is 468 g/mol. The summed E-state index contributed by atoms with van der Waals surface area (Å²) in [4.78, 5) is 40.9. The minimum atomic E-state index is -3.65. The summed E-state index contributed by atoms with van der Waals surface area (Å²) >= 11 is 6.37. The Kier molecular flexibility index (Phi) is 4.91. The van der Waals surface area contributed by atoms with Gasteiger partial charge >= 0.3 is 0 Å². The number of carbonyl (C=O) groups excluding carboxylic acids is 3. The molecule has 2 aromatic rings. The van der Waals surface area contributed by atoms with E-state index in [1.807, 2.05) is 0 Å². The van der Waals surface area contributed by atoms with Crippen molar-refractivity contribution in [1.29, 1.82) is 0 Å². The van der Waals surface area contributed by atoms with Gasteiger partial charge in [0.25, 0.3) is 27.7 Å². The van der Waals surface area contributed by atoms with Gasteiger partial charge in [-0.1, -0.05) is 23.7 Å². The number of rotatable bonds is 3. The van der Waals surface area contributed by atoms with E-state index in [4.69, 9.17) is 11.6 Å². The summed E-state index contributed by atoms with van der Waals surface area (Å²) < 4.78 is 27.5. The van der Waals surface area contributed by atoms with Gasteiger partial charge < -0.3 is 10.2 Å². The van der Waals surface area contributed by atoms with Crippen molar-refractivity contribution in [3.8, 4) is 0 Å². The number of fused-ring (bicyclic) bond motifs is 2. The molecule has 3 aliphatic rings. The molecule has 166 valence electrons. The van der Waals surface area contributed by atoms with E-state index in [2.05, 4.69) is 9.71 Å². The maximum Gasteiger partial charge on any atom is 0.266 e. The first-order chi connectivity index (χ1) is 15.7. The van der Waals surface area contributed by atoms with Gasteiger partial charge in [-0.3, -0.25) is 14.4 Å². The van der Waals surface area contributed by atoms with Crippen LogP contribution in [0.4, 0.5) is 11.4 Å². The number of carbonyl (C=O) groups is 3. The quantitative estimate of drug-likeness (QED) is 0.672. The predicted molar refractivity (Wildman–Crippen MR) is 123 cm³/mol. The van der Waals surface area contributed by atoms with Crippen LogP contribution in [0, 0.1) is 0 Å². The number of sulfonamides is 1. The van der Waals surface area contributed by atoms with E-state index in [0.29, 0.717) is 16.8 Å². The monoisotopic (exact) mass is 482 g/mol. The minimum absolute atomic E-state index is 0.0509. The Morgan fingerprint density at radius 2 is 1.76 bits per heavy atom. The number of amides is 3. The number of benzene rings is 2. The first-order valence-electron chi connectivity index (χ1n) is 9.82. The van der Waals surface area contributed by atoms with Crippen LogP contribution in [0.25, 0.3) is 0 Å². The zero-order chi connectivity index (χ0) is 23.3. The topological polar surface area (TPSA) is 116 Å².